The number of hydrogen-bond acceptors (Lipinski definition) is 4. The minimum absolute atomic E-state index is 0.0316. The Morgan fingerprint density at radius 1 is 1.26 bits per heavy atom. The number of benzene rings is 1. The molecule has 27 heavy (non-hydrogen) atoms. The van der Waals surface area contributed by atoms with Crippen molar-refractivity contribution in [3.8, 4) is 0 Å². The van der Waals surface area contributed by atoms with Gasteiger partial charge < -0.3 is 15.0 Å². The highest BCUT2D eigenvalue weighted by Crippen LogP contribution is 2.24. The third-order valence-corrected chi connectivity index (χ3v) is 5.81. The molecular weight excluding hydrogens is 356 g/mol. The molecule has 0 bridgehead atoms. The standard InChI is InChI=1S/C21H32N4OS/c1-15(2)19(17-10-8-7-9-11-17)12-23-21(22-4)25(5)13-18-14-27-20(24-18)16(3)26-6/h7-11,14-16,19H,12-13H2,1-6H3,(H,22,23). The number of aromatic nitrogens is 1. The predicted molar refractivity (Wildman–Crippen MR) is 114 cm³/mol. The fraction of sp³-hybridized carbons (Fsp3) is 0.524. The highest BCUT2D eigenvalue weighted by molar-refractivity contribution is 7.09. The SMILES string of the molecule is CN=C(NCC(c1ccccc1)C(C)C)N(C)Cc1csc(C(C)OC)n1. The van der Waals surface area contributed by atoms with E-state index in [0.29, 0.717) is 18.4 Å². The van der Waals surface area contributed by atoms with Crippen LogP contribution in [0.2, 0.25) is 0 Å². The van der Waals surface area contributed by atoms with Gasteiger partial charge in [0, 0.05) is 39.0 Å². The maximum Gasteiger partial charge on any atom is 0.193 e. The first-order chi connectivity index (χ1) is 13.0. The number of nitrogens with one attached hydrogen (secondary N) is 1. The summed E-state index contributed by atoms with van der Waals surface area (Å²) in [5, 5.41) is 6.64. The minimum atomic E-state index is 0.0316. The number of ether oxygens (including phenoxy) is 1. The normalized spacial score (nSPS) is 14.3. The van der Waals surface area contributed by atoms with Gasteiger partial charge in [-0.25, -0.2) is 4.98 Å². The molecule has 0 saturated carbocycles. The van der Waals surface area contributed by atoms with Crippen LogP contribution in [0.4, 0.5) is 0 Å². The summed E-state index contributed by atoms with van der Waals surface area (Å²) in [6, 6.07) is 10.7. The maximum absolute atomic E-state index is 5.35. The quantitative estimate of drug-likeness (QED) is 0.541. The summed E-state index contributed by atoms with van der Waals surface area (Å²) in [6.45, 7) is 8.10. The third kappa shape index (κ3) is 6.04. The molecule has 2 atom stereocenters. The lowest BCUT2D eigenvalue weighted by molar-refractivity contribution is 0.119. The summed E-state index contributed by atoms with van der Waals surface area (Å²) in [6.07, 6.45) is 0.0316. The second-order valence-corrected chi connectivity index (χ2v) is 7.99. The molecule has 1 N–H and O–H groups in total. The summed E-state index contributed by atoms with van der Waals surface area (Å²) in [5.74, 6) is 1.86. The Hall–Kier alpha value is -1.92. The van der Waals surface area contributed by atoms with E-state index in [2.05, 4.69) is 69.8 Å². The third-order valence-electron chi connectivity index (χ3n) is 4.76. The number of nitrogens with zero attached hydrogens (tertiary/aromatic N) is 3. The van der Waals surface area contributed by atoms with Crippen molar-refractivity contribution in [2.75, 3.05) is 27.7 Å². The molecule has 0 aliphatic carbocycles. The maximum atomic E-state index is 5.35. The van der Waals surface area contributed by atoms with Gasteiger partial charge in [0.2, 0.25) is 0 Å². The molecule has 1 aromatic heterocycles. The number of hydrogen-bond donors (Lipinski definition) is 1. The smallest absolute Gasteiger partial charge is 0.193 e. The second kappa shape index (κ2) is 10.4. The predicted octanol–water partition coefficient (Wildman–Crippen LogP) is 4.30. The monoisotopic (exact) mass is 388 g/mol. The van der Waals surface area contributed by atoms with E-state index >= 15 is 0 Å². The minimum Gasteiger partial charge on any atom is -0.375 e. The second-order valence-electron chi connectivity index (χ2n) is 7.10. The molecule has 0 aliphatic rings. The lowest BCUT2D eigenvalue weighted by Gasteiger charge is -2.26. The first kappa shape index (κ1) is 21.4. The molecule has 0 aliphatic heterocycles. The van der Waals surface area contributed by atoms with Gasteiger partial charge in [0.1, 0.15) is 11.1 Å². The highest BCUT2D eigenvalue weighted by atomic mass is 32.1. The molecule has 1 heterocycles. The average molecular weight is 389 g/mol. The van der Waals surface area contributed by atoms with Gasteiger partial charge in [0.25, 0.3) is 0 Å². The van der Waals surface area contributed by atoms with Crippen LogP contribution in [0.25, 0.3) is 0 Å². The Morgan fingerprint density at radius 3 is 2.56 bits per heavy atom. The van der Waals surface area contributed by atoms with Gasteiger partial charge in [0.15, 0.2) is 5.96 Å². The van der Waals surface area contributed by atoms with Crippen molar-refractivity contribution in [3.05, 3.63) is 52.0 Å². The van der Waals surface area contributed by atoms with Crippen LogP contribution < -0.4 is 5.32 Å². The van der Waals surface area contributed by atoms with Crippen molar-refractivity contribution in [1.29, 1.82) is 0 Å². The first-order valence-corrected chi connectivity index (χ1v) is 10.3. The van der Waals surface area contributed by atoms with Crippen molar-refractivity contribution < 1.29 is 4.74 Å². The van der Waals surface area contributed by atoms with Crippen molar-refractivity contribution in [2.24, 2.45) is 10.9 Å². The zero-order valence-electron chi connectivity index (χ0n) is 17.3. The van der Waals surface area contributed by atoms with Crippen LogP contribution in [0.1, 0.15) is 49.1 Å². The Bertz CT molecular complexity index is 714. The molecule has 1 aromatic carbocycles. The number of guanidine groups is 1. The summed E-state index contributed by atoms with van der Waals surface area (Å²) in [7, 11) is 5.58. The molecule has 5 nitrogen and oxygen atoms in total. The number of rotatable bonds is 8. The Balaban J connectivity index is 1.98. The number of thiazole rings is 1. The molecule has 2 rings (SSSR count). The van der Waals surface area contributed by atoms with Crippen LogP contribution in [-0.4, -0.2) is 43.6 Å². The molecule has 148 valence electrons. The topological polar surface area (TPSA) is 49.8 Å². The fourth-order valence-electron chi connectivity index (χ4n) is 3.03. The highest BCUT2D eigenvalue weighted by Gasteiger charge is 2.18. The Kier molecular flexibility index (Phi) is 8.25. The zero-order chi connectivity index (χ0) is 19.8. The van der Waals surface area contributed by atoms with Crippen LogP contribution in [0.15, 0.2) is 40.7 Å². The Morgan fingerprint density at radius 2 is 1.96 bits per heavy atom. The van der Waals surface area contributed by atoms with Crippen LogP contribution in [0.3, 0.4) is 0 Å². The molecule has 0 amide bonds. The van der Waals surface area contributed by atoms with E-state index in [0.717, 1.165) is 23.2 Å². The van der Waals surface area contributed by atoms with Crippen molar-refractivity contribution >= 4 is 17.3 Å². The van der Waals surface area contributed by atoms with Crippen LogP contribution in [0.5, 0.6) is 0 Å². The van der Waals surface area contributed by atoms with Crippen LogP contribution >= 0.6 is 11.3 Å². The summed E-state index contributed by atoms with van der Waals surface area (Å²) >= 11 is 1.64. The van der Waals surface area contributed by atoms with Gasteiger partial charge in [-0.05, 0) is 18.4 Å². The molecule has 6 heteroatoms. The average Bonchev–Trinajstić information content (AvgIpc) is 3.13. The van der Waals surface area contributed by atoms with E-state index < -0.39 is 0 Å². The van der Waals surface area contributed by atoms with Gasteiger partial charge >= 0.3 is 0 Å². The Labute approximate surface area is 167 Å². The molecule has 0 saturated heterocycles. The molecule has 2 aromatic rings. The fourth-order valence-corrected chi connectivity index (χ4v) is 3.87. The lowest BCUT2D eigenvalue weighted by atomic mass is 9.88. The molecule has 0 radical (unpaired) electrons. The van der Waals surface area contributed by atoms with Crippen molar-refractivity contribution in [1.82, 2.24) is 15.2 Å². The molecule has 0 spiro atoms. The van der Waals surface area contributed by atoms with E-state index in [4.69, 9.17) is 4.74 Å². The van der Waals surface area contributed by atoms with Crippen LogP contribution in [-0.2, 0) is 11.3 Å². The van der Waals surface area contributed by atoms with E-state index in [1.807, 2.05) is 21.0 Å². The molecule has 0 fully saturated rings. The molecular formula is C21H32N4OS. The van der Waals surface area contributed by atoms with Gasteiger partial charge in [-0.3, -0.25) is 4.99 Å². The molecule has 2 unspecified atom stereocenters. The van der Waals surface area contributed by atoms with Gasteiger partial charge in [-0.1, -0.05) is 44.2 Å². The van der Waals surface area contributed by atoms with Crippen LogP contribution in [0, 0.1) is 5.92 Å². The summed E-state index contributed by atoms with van der Waals surface area (Å²) < 4.78 is 5.35. The summed E-state index contributed by atoms with van der Waals surface area (Å²) in [4.78, 5) is 11.2. The van der Waals surface area contributed by atoms with Gasteiger partial charge in [-0.2, -0.15) is 0 Å². The van der Waals surface area contributed by atoms with E-state index in [1.165, 1.54) is 5.56 Å². The largest absolute Gasteiger partial charge is 0.375 e. The first-order valence-electron chi connectivity index (χ1n) is 9.40. The van der Waals surface area contributed by atoms with E-state index in [1.54, 1.807) is 18.4 Å². The summed E-state index contributed by atoms with van der Waals surface area (Å²) in [5.41, 5.74) is 2.39. The van der Waals surface area contributed by atoms with E-state index in [-0.39, 0.29) is 6.10 Å². The van der Waals surface area contributed by atoms with Gasteiger partial charge in [-0.15, -0.1) is 11.3 Å². The lowest BCUT2D eigenvalue weighted by Crippen LogP contribution is -2.41. The number of aliphatic imine (C=N–C) groups is 1. The van der Waals surface area contributed by atoms with Crippen molar-refractivity contribution in [2.45, 2.75) is 39.3 Å². The van der Waals surface area contributed by atoms with Gasteiger partial charge in [0.05, 0.1) is 12.2 Å². The number of methoxy groups -OCH3 is 1. The zero-order valence-corrected chi connectivity index (χ0v) is 18.1. The van der Waals surface area contributed by atoms with Crippen molar-refractivity contribution in [3.63, 3.8) is 0 Å². The van der Waals surface area contributed by atoms with E-state index in [9.17, 15) is 0 Å².